The first-order valence-corrected chi connectivity index (χ1v) is 20.1. The van der Waals surface area contributed by atoms with Gasteiger partial charge in [0, 0.05) is 6.42 Å². The second kappa shape index (κ2) is 32.3. The number of allylic oxidation sites excluding steroid dienone is 15. The molecule has 8 nitrogen and oxygen atoms in total. The molecule has 0 aliphatic carbocycles. The van der Waals surface area contributed by atoms with E-state index < -0.39 is 26.6 Å². The summed E-state index contributed by atoms with van der Waals surface area (Å²) >= 11 is 0. The molecule has 1 amide bonds. The second-order valence-electron chi connectivity index (χ2n) is 13.2. The largest absolute Gasteiger partial charge is 0.756 e. The minimum absolute atomic E-state index is 0.0261. The van der Waals surface area contributed by atoms with Gasteiger partial charge in [-0.3, -0.25) is 9.36 Å². The first kappa shape index (κ1) is 47.4. The Morgan fingerprint density at radius 1 is 0.720 bits per heavy atom. The smallest absolute Gasteiger partial charge is 0.268 e. The van der Waals surface area contributed by atoms with Crippen molar-refractivity contribution < 1.29 is 32.9 Å². The number of rotatable bonds is 31. The highest BCUT2D eigenvalue weighted by molar-refractivity contribution is 7.45. The Morgan fingerprint density at radius 3 is 1.76 bits per heavy atom. The molecule has 284 valence electrons. The van der Waals surface area contributed by atoms with Crippen LogP contribution in [0.4, 0.5) is 0 Å². The number of hydrogen-bond donors (Lipinski definition) is 2. The summed E-state index contributed by atoms with van der Waals surface area (Å²) in [5, 5.41) is 13.5. The van der Waals surface area contributed by atoms with Gasteiger partial charge in [0.1, 0.15) is 13.2 Å². The predicted octanol–water partition coefficient (Wildman–Crippen LogP) is 8.99. The van der Waals surface area contributed by atoms with Gasteiger partial charge < -0.3 is 28.8 Å². The summed E-state index contributed by atoms with van der Waals surface area (Å²) in [6.45, 7) is 4.34. The fraction of sp³-hybridized carbons (Fsp3) is 0.585. The highest BCUT2D eigenvalue weighted by Gasteiger charge is 2.23. The molecule has 0 aliphatic heterocycles. The van der Waals surface area contributed by atoms with E-state index in [0.717, 1.165) is 57.8 Å². The number of carbonyl (C=O) groups excluding carboxylic acids is 1. The van der Waals surface area contributed by atoms with Crippen molar-refractivity contribution in [2.75, 3.05) is 40.9 Å². The average molecular weight is 717 g/mol. The highest BCUT2D eigenvalue weighted by atomic mass is 31.2. The summed E-state index contributed by atoms with van der Waals surface area (Å²) in [7, 11) is 1.17. The lowest BCUT2D eigenvalue weighted by Crippen LogP contribution is -2.45. The Balaban J connectivity index is 4.67. The van der Waals surface area contributed by atoms with Crippen LogP contribution in [0.1, 0.15) is 104 Å². The summed E-state index contributed by atoms with van der Waals surface area (Å²) in [5.41, 5.74) is 0. The number of carbonyl (C=O) groups is 1. The van der Waals surface area contributed by atoms with Gasteiger partial charge in [0.2, 0.25) is 5.91 Å². The van der Waals surface area contributed by atoms with Crippen LogP contribution in [0.5, 0.6) is 0 Å². The Morgan fingerprint density at radius 2 is 1.22 bits per heavy atom. The van der Waals surface area contributed by atoms with Crippen LogP contribution in [0, 0.1) is 0 Å². The fourth-order valence-electron chi connectivity index (χ4n) is 4.30. The first-order valence-electron chi connectivity index (χ1n) is 18.6. The molecule has 0 bridgehead atoms. The molecule has 0 aliphatic rings. The van der Waals surface area contributed by atoms with Crippen LogP contribution < -0.4 is 10.2 Å². The lowest BCUT2D eigenvalue weighted by molar-refractivity contribution is -0.870. The van der Waals surface area contributed by atoms with Crippen molar-refractivity contribution >= 4 is 13.7 Å². The van der Waals surface area contributed by atoms with Crippen LogP contribution in [0.25, 0.3) is 0 Å². The number of quaternary nitrogens is 1. The minimum Gasteiger partial charge on any atom is -0.756 e. The van der Waals surface area contributed by atoms with Crippen LogP contribution in [0.2, 0.25) is 0 Å². The SMILES string of the molecule is CC/C=C\C/C=C\C/C=C\C/C=C\C/C=C\C/C=C\CCC(=O)NC(COP(=O)([O-])OCC[N+](C)(C)C)C(O)/C=C/CC/C=C/CCCCC. The van der Waals surface area contributed by atoms with Gasteiger partial charge in [-0.15, -0.1) is 0 Å². The van der Waals surface area contributed by atoms with Gasteiger partial charge in [-0.1, -0.05) is 124 Å². The molecule has 0 rings (SSSR count). The molecule has 0 fully saturated rings. The van der Waals surface area contributed by atoms with Crippen molar-refractivity contribution in [3.63, 3.8) is 0 Å². The zero-order chi connectivity index (χ0) is 37.2. The van der Waals surface area contributed by atoms with E-state index in [0.29, 0.717) is 17.4 Å². The van der Waals surface area contributed by atoms with Crippen LogP contribution in [0.15, 0.2) is 97.2 Å². The van der Waals surface area contributed by atoms with E-state index in [1.807, 2.05) is 39.4 Å². The number of aliphatic hydroxyl groups is 1. The van der Waals surface area contributed by atoms with E-state index in [9.17, 15) is 19.4 Å². The van der Waals surface area contributed by atoms with Crippen molar-refractivity contribution in [2.24, 2.45) is 0 Å². The summed E-state index contributed by atoms with van der Waals surface area (Å²) in [5.74, 6) is -0.299. The van der Waals surface area contributed by atoms with E-state index in [-0.39, 0.29) is 18.9 Å². The van der Waals surface area contributed by atoms with E-state index in [1.165, 1.54) is 19.3 Å². The van der Waals surface area contributed by atoms with Gasteiger partial charge in [0.25, 0.3) is 7.82 Å². The molecule has 3 atom stereocenters. The second-order valence-corrected chi connectivity index (χ2v) is 14.6. The number of phosphoric acid groups is 1. The standard InChI is InChI=1S/C41H69N2O6P/c1-6-8-10-12-14-16-17-18-19-20-21-22-23-24-25-27-29-31-33-35-41(45)42-39(38-49-50(46,47)48-37-36-43(3,4)5)40(44)34-32-30-28-26-15-13-11-9-7-2/h8,10,14-16,18-19,21-22,24-26,29,31-32,34,39-40,44H,6-7,9,11-13,17,20,23,27-28,30,33,35-38H2,1-5H3,(H-,42,45,46,47)/b10-8-,16-14-,19-18-,22-21-,25-24-,26-15+,31-29-,34-32+. The number of amides is 1. The summed E-state index contributed by atoms with van der Waals surface area (Å²) in [4.78, 5) is 25.1. The van der Waals surface area contributed by atoms with Crippen molar-refractivity contribution in [1.82, 2.24) is 5.32 Å². The van der Waals surface area contributed by atoms with Crippen LogP contribution in [0.3, 0.4) is 0 Å². The quantitative estimate of drug-likeness (QED) is 0.0321. The van der Waals surface area contributed by atoms with Crippen molar-refractivity contribution in [3.05, 3.63) is 97.2 Å². The third kappa shape index (κ3) is 33.9. The normalized spacial score (nSPS) is 15.7. The third-order valence-corrected chi connectivity index (χ3v) is 8.26. The molecular formula is C41H69N2O6P. The number of unbranched alkanes of at least 4 members (excludes halogenated alkanes) is 4. The van der Waals surface area contributed by atoms with Crippen molar-refractivity contribution in [2.45, 2.75) is 116 Å². The topological polar surface area (TPSA) is 108 Å². The number of likely N-dealkylation sites (N-methyl/N-ethyl adjacent to an activating group) is 1. The van der Waals surface area contributed by atoms with Crippen LogP contribution in [-0.4, -0.2) is 68.5 Å². The van der Waals surface area contributed by atoms with Crippen LogP contribution >= 0.6 is 7.82 Å². The number of aliphatic hydroxyl groups excluding tert-OH is 1. The third-order valence-electron chi connectivity index (χ3n) is 7.29. The monoisotopic (exact) mass is 716 g/mol. The maximum absolute atomic E-state index is 12.7. The highest BCUT2D eigenvalue weighted by Crippen LogP contribution is 2.38. The van der Waals surface area contributed by atoms with Gasteiger partial charge >= 0.3 is 0 Å². The molecule has 9 heteroatoms. The number of phosphoric ester groups is 1. The molecule has 50 heavy (non-hydrogen) atoms. The predicted molar refractivity (Wildman–Crippen MR) is 209 cm³/mol. The molecule has 0 saturated carbocycles. The average Bonchev–Trinajstić information content (AvgIpc) is 3.06. The maximum Gasteiger partial charge on any atom is 0.268 e. The Kier molecular flexibility index (Phi) is 30.7. The maximum atomic E-state index is 12.7. The molecule has 0 radical (unpaired) electrons. The molecule has 0 saturated heterocycles. The van der Waals surface area contributed by atoms with Gasteiger partial charge in [-0.2, -0.15) is 0 Å². The van der Waals surface area contributed by atoms with Gasteiger partial charge in [0.15, 0.2) is 0 Å². The Bertz CT molecular complexity index is 1130. The minimum atomic E-state index is -4.61. The zero-order valence-electron chi connectivity index (χ0n) is 31.8. The summed E-state index contributed by atoms with van der Waals surface area (Å²) in [6, 6.07) is -0.946. The fourth-order valence-corrected chi connectivity index (χ4v) is 5.03. The molecule has 3 unspecified atom stereocenters. The zero-order valence-corrected chi connectivity index (χ0v) is 32.7. The number of nitrogens with one attached hydrogen (secondary N) is 1. The molecular weight excluding hydrogens is 647 g/mol. The first-order chi connectivity index (χ1) is 24.0. The van der Waals surface area contributed by atoms with Crippen molar-refractivity contribution in [1.29, 1.82) is 0 Å². The van der Waals surface area contributed by atoms with Gasteiger partial charge in [-0.05, 0) is 70.6 Å². The van der Waals surface area contributed by atoms with Gasteiger partial charge in [-0.25, -0.2) is 0 Å². The Labute approximate surface area is 305 Å². The number of nitrogens with zero attached hydrogens (tertiary/aromatic N) is 1. The molecule has 0 aromatic heterocycles. The number of hydrogen-bond acceptors (Lipinski definition) is 6. The lowest BCUT2D eigenvalue weighted by Gasteiger charge is -2.29. The summed E-state index contributed by atoms with van der Waals surface area (Å²) in [6.07, 6.45) is 44.8. The van der Waals surface area contributed by atoms with E-state index >= 15 is 0 Å². The van der Waals surface area contributed by atoms with E-state index in [1.54, 1.807) is 6.08 Å². The summed E-state index contributed by atoms with van der Waals surface area (Å²) < 4.78 is 23.0. The molecule has 0 aromatic rings. The van der Waals surface area contributed by atoms with Crippen LogP contribution in [-0.2, 0) is 18.4 Å². The molecule has 0 spiro atoms. The van der Waals surface area contributed by atoms with E-state index in [2.05, 4.69) is 92.1 Å². The van der Waals surface area contributed by atoms with Crippen molar-refractivity contribution in [3.8, 4) is 0 Å². The molecule has 0 heterocycles. The Hall–Kier alpha value is -2.58. The van der Waals surface area contributed by atoms with E-state index in [4.69, 9.17) is 9.05 Å². The lowest BCUT2D eigenvalue weighted by atomic mass is 10.1. The van der Waals surface area contributed by atoms with Gasteiger partial charge in [0.05, 0.1) is 39.9 Å². The molecule has 0 aromatic carbocycles. The molecule has 2 N–H and O–H groups in total.